The highest BCUT2D eigenvalue weighted by molar-refractivity contribution is 5.08. The van der Waals surface area contributed by atoms with Crippen molar-refractivity contribution in [3.8, 4) is 6.01 Å². The monoisotopic (exact) mass is 343 g/mol. The van der Waals surface area contributed by atoms with Gasteiger partial charge in [-0.2, -0.15) is 0 Å². The van der Waals surface area contributed by atoms with Crippen LogP contribution in [0, 0.1) is 19.3 Å². The third-order valence-electron chi connectivity index (χ3n) is 5.28. The van der Waals surface area contributed by atoms with Crippen molar-refractivity contribution in [2.24, 2.45) is 5.41 Å². The van der Waals surface area contributed by atoms with Crippen molar-refractivity contribution >= 4 is 0 Å². The van der Waals surface area contributed by atoms with Crippen molar-refractivity contribution in [1.29, 1.82) is 0 Å². The highest BCUT2D eigenvalue weighted by Crippen LogP contribution is 2.41. The smallest absolute Gasteiger partial charge is 0.316 e. The van der Waals surface area contributed by atoms with Gasteiger partial charge >= 0.3 is 6.01 Å². The zero-order chi connectivity index (χ0) is 17.3. The maximum atomic E-state index is 6.00. The Kier molecular flexibility index (Phi) is 4.48. The quantitative estimate of drug-likeness (QED) is 0.832. The van der Waals surface area contributed by atoms with Crippen LogP contribution in [0.2, 0.25) is 0 Å². The first kappa shape index (κ1) is 16.5. The number of fused-ring (bicyclic) bond motifs is 1. The average molecular weight is 343 g/mol. The summed E-state index contributed by atoms with van der Waals surface area (Å²) in [5, 5.41) is 0. The number of hydrogen-bond acceptors (Lipinski definition) is 6. The molecule has 25 heavy (non-hydrogen) atoms. The Hall–Kier alpha value is -1.92. The van der Waals surface area contributed by atoms with Crippen molar-refractivity contribution in [2.45, 2.75) is 39.3 Å². The van der Waals surface area contributed by atoms with Crippen LogP contribution in [-0.2, 0) is 11.3 Å². The van der Waals surface area contributed by atoms with Gasteiger partial charge in [0.1, 0.15) is 18.1 Å². The number of piperidine rings is 1. The summed E-state index contributed by atoms with van der Waals surface area (Å²) in [6.45, 7) is 8.13. The molecule has 6 heteroatoms. The number of nitrogens with zero attached hydrogens (tertiary/aromatic N) is 3. The van der Waals surface area contributed by atoms with Crippen LogP contribution in [0.25, 0.3) is 0 Å². The topological polar surface area (TPSA) is 60.6 Å². The minimum Gasteiger partial charge on any atom is -0.465 e. The molecule has 2 fully saturated rings. The molecule has 4 rings (SSSR count). The summed E-state index contributed by atoms with van der Waals surface area (Å²) in [6, 6.07) is 6.42. The van der Waals surface area contributed by atoms with Crippen LogP contribution in [-0.4, -0.2) is 47.3 Å². The minimum absolute atomic E-state index is 0.00694. The third kappa shape index (κ3) is 3.55. The Bertz CT molecular complexity index is 732. The summed E-state index contributed by atoms with van der Waals surface area (Å²) in [5.74, 6) is 1.98. The van der Waals surface area contributed by atoms with E-state index in [-0.39, 0.29) is 11.5 Å². The van der Waals surface area contributed by atoms with E-state index in [1.807, 2.05) is 26.0 Å². The molecule has 0 aromatic carbocycles. The summed E-state index contributed by atoms with van der Waals surface area (Å²) in [4.78, 5) is 11.0. The Labute approximate surface area is 148 Å². The standard InChI is InChI=1S/C19H25N3O3/c1-14-5-8-20-18(21-14)24-13-19-7-10-23-17(19)6-9-22(12-19)11-16-4-3-15(2)25-16/h3-5,8,17H,6-7,9-13H2,1-2H3/t17-,19+/m1/s1. The van der Waals surface area contributed by atoms with Crippen LogP contribution in [0.4, 0.5) is 0 Å². The van der Waals surface area contributed by atoms with Gasteiger partial charge in [-0.25, -0.2) is 9.97 Å². The molecule has 0 N–H and O–H groups in total. The van der Waals surface area contributed by atoms with Crippen LogP contribution in [0.15, 0.2) is 28.8 Å². The number of likely N-dealkylation sites (tertiary alicyclic amines) is 1. The van der Waals surface area contributed by atoms with Crippen molar-refractivity contribution in [2.75, 3.05) is 26.3 Å². The van der Waals surface area contributed by atoms with E-state index >= 15 is 0 Å². The van der Waals surface area contributed by atoms with Gasteiger partial charge in [0.15, 0.2) is 0 Å². The lowest BCUT2D eigenvalue weighted by Gasteiger charge is -2.42. The Morgan fingerprint density at radius 3 is 3.04 bits per heavy atom. The van der Waals surface area contributed by atoms with E-state index in [2.05, 4.69) is 20.9 Å². The predicted molar refractivity (Wildman–Crippen MR) is 92.4 cm³/mol. The molecular weight excluding hydrogens is 318 g/mol. The van der Waals surface area contributed by atoms with Gasteiger partial charge in [-0.1, -0.05) is 0 Å². The minimum atomic E-state index is 0.00694. The van der Waals surface area contributed by atoms with E-state index in [0.717, 1.165) is 56.3 Å². The molecule has 0 amide bonds. The lowest BCUT2D eigenvalue weighted by Crippen LogP contribution is -2.52. The number of hydrogen-bond donors (Lipinski definition) is 0. The van der Waals surface area contributed by atoms with Crippen LogP contribution in [0.3, 0.4) is 0 Å². The maximum absolute atomic E-state index is 6.00. The second-order valence-electron chi connectivity index (χ2n) is 7.25. The van der Waals surface area contributed by atoms with Gasteiger partial charge in [0.25, 0.3) is 0 Å². The molecule has 0 bridgehead atoms. The SMILES string of the molecule is Cc1ccnc(OC[C@@]23CCO[C@@H]2CCN(Cc2ccc(C)o2)C3)n1. The lowest BCUT2D eigenvalue weighted by molar-refractivity contribution is -0.0441. The second-order valence-corrected chi connectivity index (χ2v) is 7.25. The molecule has 0 saturated carbocycles. The first-order valence-electron chi connectivity index (χ1n) is 8.95. The van der Waals surface area contributed by atoms with Crippen LogP contribution in [0.5, 0.6) is 6.01 Å². The highest BCUT2D eigenvalue weighted by atomic mass is 16.5. The molecule has 2 aliphatic heterocycles. The van der Waals surface area contributed by atoms with Crippen molar-refractivity contribution in [3.05, 3.63) is 41.6 Å². The van der Waals surface area contributed by atoms with Crippen LogP contribution >= 0.6 is 0 Å². The summed E-state index contributed by atoms with van der Waals surface area (Å²) in [7, 11) is 0. The molecular formula is C19H25N3O3. The molecule has 2 saturated heterocycles. The van der Waals surface area contributed by atoms with E-state index in [1.165, 1.54) is 0 Å². The van der Waals surface area contributed by atoms with Crippen LogP contribution < -0.4 is 4.74 Å². The van der Waals surface area contributed by atoms with Gasteiger partial charge in [-0.3, -0.25) is 4.90 Å². The molecule has 0 spiro atoms. The van der Waals surface area contributed by atoms with E-state index in [1.54, 1.807) is 6.20 Å². The predicted octanol–water partition coefficient (Wildman–Crippen LogP) is 2.75. The molecule has 2 aromatic rings. The fourth-order valence-electron chi connectivity index (χ4n) is 3.98. The number of rotatable bonds is 5. The van der Waals surface area contributed by atoms with Gasteiger partial charge in [0.05, 0.1) is 12.6 Å². The van der Waals surface area contributed by atoms with Gasteiger partial charge in [0, 0.05) is 37.0 Å². The Balaban J connectivity index is 1.45. The average Bonchev–Trinajstić information content (AvgIpc) is 3.19. The first-order chi connectivity index (χ1) is 12.1. The molecule has 4 heterocycles. The third-order valence-corrected chi connectivity index (χ3v) is 5.28. The zero-order valence-corrected chi connectivity index (χ0v) is 14.9. The van der Waals surface area contributed by atoms with Gasteiger partial charge < -0.3 is 13.9 Å². The molecule has 2 aromatic heterocycles. The fraction of sp³-hybridized carbons (Fsp3) is 0.579. The molecule has 134 valence electrons. The number of aromatic nitrogens is 2. The van der Waals surface area contributed by atoms with E-state index in [9.17, 15) is 0 Å². The van der Waals surface area contributed by atoms with Gasteiger partial charge in [-0.05, 0) is 44.9 Å². The van der Waals surface area contributed by atoms with Gasteiger partial charge in [0.2, 0.25) is 0 Å². The highest BCUT2D eigenvalue weighted by Gasteiger charge is 2.48. The number of ether oxygens (including phenoxy) is 2. The zero-order valence-electron chi connectivity index (χ0n) is 14.9. The maximum Gasteiger partial charge on any atom is 0.316 e. The molecule has 6 nitrogen and oxygen atoms in total. The lowest BCUT2D eigenvalue weighted by atomic mass is 9.77. The Morgan fingerprint density at radius 2 is 2.24 bits per heavy atom. The van der Waals surface area contributed by atoms with E-state index < -0.39 is 0 Å². The van der Waals surface area contributed by atoms with Crippen LogP contribution in [0.1, 0.15) is 30.1 Å². The van der Waals surface area contributed by atoms with E-state index in [4.69, 9.17) is 13.9 Å². The summed E-state index contributed by atoms with van der Waals surface area (Å²) >= 11 is 0. The molecule has 0 aliphatic carbocycles. The van der Waals surface area contributed by atoms with E-state index in [0.29, 0.717) is 12.6 Å². The summed E-state index contributed by atoms with van der Waals surface area (Å²) in [6.07, 6.45) is 4.03. The molecule has 0 unspecified atom stereocenters. The first-order valence-corrected chi connectivity index (χ1v) is 8.95. The largest absolute Gasteiger partial charge is 0.465 e. The molecule has 2 aliphatic rings. The Morgan fingerprint density at radius 1 is 1.32 bits per heavy atom. The van der Waals surface area contributed by atoms with Crippen molar-refractivity contribution < 1.29 is 13.9 Å². The molecule has 0 radical (unpaired) electrons. The summed E-state index contributed by atoms with van der Waals surface area (Å²) < 4.78 is 17.7. The summed E-state index contributed by atoms with van der Waals surface area (Å²) in [5.41, 5.74) is 0.924. The second kappa shape index (κ2) is 6.77. The normalized spacial score (nSPS) is 26.6. The molecule has 2 atom stereocenters. The van der Waals surface area contributed by atoms with Crippen molar-refractivity contribution in [3.63, 3.8) is 0 Å². The van der Waals surface area contributed by atoms with Crippen molar-refractivity contribution in [1.82, 2.24) is 14.9 Å². The number of furan rings is 1. The fourth-order valence-corrected chi connectivity index (χ4v) is 3.98. The van der Waals surface area contributed by atoms with Gasteiger partial charge in [-0.15, -0.1) is 0 Å². The number of aryl methyl sites for hydroxylation is 2.